The molecule has 0 aliphatic heterocycles. The van der Waals surface area contributed by atoms with Crippen LogP contribution >= 0.6 is 34.5 Å². The van der Waals surface area contributed by atoms with Crippen LogP contribution in [-0.4, -0.2) is 25.2 Å². The van der Waals surface area contributed by atoms with Crippen LogP contribution in [0.5, 0.6) is 0 Å². The lowest BCUT2D eigenvalue weighted by Crippen LogP contribution is -2.06. The van der Waals surface area contributed by atoms with Crippen molar-refractivity contribution in [2.24, 2.45) is 0 Å². The van der Waals surface area contributed by atoms with E-state index in [1.165, 1.54) is 11.3 Å². The molecule has 2 rings (SSSR count). The second kappa shape index (κ2) is 5.19. The summed E-state index contributed by atoms with van der Waals surface area (Å²) in [6.07, 6.45) is 0. The third kappa shape index (κ3) is 2.58. The average Bonchev–Trinajstić information content (AvgIpc) is 2.61. The van der Waals surface area contributed by atoms with Crippen molar-refractivity contribution in [3.63, 3.8) is 0 Å². The van der Waals surface area contributed by atoms with E-state index in [0.717, 1.165) is 21.9 Å². The van der Waals surface area contributed by atoms with E-state index < -0.39 is 0 Å². The van der Waals surface area contributed by atoms with Crippen LogP contribution in [0.15, 0.2) is 12.1 Å². The van der Waals surface area contributed by atoms with Crippen molar-refractivity contribution in [1.82, 2.24) is 4.98 Å². The van der Waals surface area contributed by atoms with Gasteiger partial charge in [-0.2, -0.15) is 0 Å². The number of hydrogen-bond acceptors (Lipinski definition) is 4. The Bertz CT molecular complexity index is 501. The van der Waals surface area contributed by atoms with E-state index >= 15 is 0 Å². The summed E-state index contributed by atoms with van der Waals surface area (Å²) < 4.78 is 5.93. The van der Waals surface area contributed by atoms with E-state index in [4.69, 9.17) is 27.9 Å². The Morgan fingerprint density at radius 3 is 3.00 bits per heavy atom. The van der Waals surface area contributed by atoms with Gasteiger partial charge in [-0.05, 0) is 12.1 Å². The van der Waals surface area contributed by atoms with Crippen molar-refractivity contribution in [1.29, 1.82) is 0 Å². The molecule has 2 aromatic rings. The minimum Gasteiger partial charge on any atom is -0.383 e. The van der Waals surface area contributed by atoms with E-state index in [1.807, 2.05) is 6.07 Å². The number of thiazole rings is 1. The van der Waals surface area contributed by atoms with Crippen molar-refractivity contribution in [2.45, 2.75) is 0 Å². The number of fused-ring (bicyclic) bond motifs is 1. The molecule has 1 aromatic carbocycles. The van der Waals surface area contributed by atoms with Gasteiger partial charge in [-0.25, -0.2) is 4.98 Å². The van der Waals surface area contributed by atoms with Gasteiger partial charge in [0, 0.05) is 18.7 Å². The monoisotopic (exact) mass is 276 g/mol. The SMILES string of the molecule is COCCNc1nc2c(Cl)cc(Cl)cc2s1. The zero-order valence-electron chi connectivity index (χ0n) is 8.59. The predicted octanol–water partition coefficient (Wildman–Crippen LogP) is 3.66. The van der Waals surface area contributed by atoms with Gasteiger partial charge in [0.25, 0.3) is 0 Å². The quantitative estimate of drug-likeness (QED) is 0.866. The van der Waals surface area contributed by atoms with Crippen LogP contribution in [0.2, 0.25) is 10.0 Å². The molecule has 0 radical (unpaired) electrons. The number of halogens is 2. The Hall–Kier alpha value is -0.550. The number of hydrogen-bond donors (Lipinski definition) is 1. The van der Waals surface area contributed by atoms with Crippen molar-refractivity contribution in [2.75, 3.05) is 25.6 Å². The molecule has 0 bridgehead atoms. The second-order valence-corrected chi connectivity index (χ2v) is 5.05. The Morgan fingerprint density at radius 1 is 1.44 bits per heavy atom. The molecule has 1 aromatic heterocycles. The molecule has 6 heteroatoms. The van der Waals surface area contributed by atoms with E-state index in [2.05, 4.69) is 10.3 Å². The fourth-order valence-electron chi connectivity index (χ4n) is 1.29. The largest absolute Gasteiger partial charge is 0.383 e. The number of benzene rings is 1. The maximum atomic E-state index is 6.04. The van der Waals surface area contributed by atoms with Crippen LogP contribution in [-0.2, 0) is 4.74 Å². The number of rotatable bonds is 4. The summed E-state index contributed by atoms with van der Waals surface area (Å²) in [6.45, 7) is 1.37. The van der Waals surface area contributed by atoms with E-state index in [-0.39, 0.29) is 0 Å². The van der Waals surface area contributed by atoms with E-state index in [0.29, 0.717) is 16.7 Å². The van der Waals surface area contributed by atoms with Gasteiger partial charge < -0.3 is 10.1 Å². The third-order valence-electron chi connectivity index (χ3n) is 2.00. The van der Waals surface area contributed by atoms with Crippen molar-refractivity contribution in [3.05, 3.63) is 22.2 Å². The van der Waals surface area contributed by atoms with Gasteiger partial charge in [0.1, 0.15) is 5.52 Å². The van der Waals surface area contributed by atoms with Crippen LogP contribution in [0.4, 0.5) is 5.13 Å². The van der Waals surface area contributed by atoms with Gasteiger partial charge in [-0.1, -0.05) is 34.5 Å². The lowest BCUT2D eigenvalue weighted by molar-refractivity contribution is 0.211. The minimum atomic E-state index is 0.582. The molecule has 0 spiro atoms. The van der Waals surface area contributed by atoms with Gasteiger partial charge in [0.15, 0.2) is 5.13 Å². The summed E-state index contributed by atoms with van der Waals surface area (Å²) in [7, 11) is 1.66. The molecule has 0 unspecified atom stereocenters. The van der Waals surface area contributed by atoms with Crippen LogP contribution in [0.1, 0.15) is 0 Å². The summed E-state index contributed by atoms with van der Waals surface area (Å²) in [5.41, 5.74) is 0.788. The molecular weight excluding hydrogens is 267 g/mol. The standard InChI is InChI=1S/C10H10Cl2N2OS/c1-15-3-2-13-10-14-9-7(12)4-6(11)5-8(9)16-10/h4-5H,2-3H2,1H3,(H,13,14). The van der Waals surface area contributed by atoms with Gasteiger partial charge in [0.2, 0.25) is 0 Å². The first-order valence-electron chi connectivity index (χ1n) is 4.69. The van der Waals surface area contributed by atoms with Crippen LogP contribution in [0, 0.1) is 0 Å². The summed E-state index contributed by atoms with van der Waals surface area (Å²) in [5, 5.41) is 5.20. The summed E-state index contributed by atoms with van der Waals surface area (Å²) in [4.78, 5) is 4.39. The zero-order valence-corrected chi connectivity index (χ0v) is 10.9. The van der Waals surface area contributed by atoms with Gasteiger partial charge >= 0.3 is 0 Å². The summed E-state index contributed by atoms with van der Waals surface area (Å²) in [5.74, 6) is 0. The van der Waals surface area contributed by atoms with E-state index in [1.54, 1.807) is 13.2 Å². The number of ether oxygens (including phenoxy) is 1. The molecule has 16 heavy (non-hydrogen) atoms. The number of aromatic nitrogens is 1. The Labute approximate surface area is 107 Å². The van der Waals surface area contributed by atoms with Crippen LogP contribution in [0.25, 0.3) is 10.2 Å². The maximum Gasteiger partial charge on any atom is 0.183 e. The Balaban J connectivity index is 2.26. The average molecular weight is 277 g/mol. The molecule has 0 saturated heterocycles. The molecule has 0 fully saturated rings. The molecule has 86 valence electrons. The first kappa shape index (κ1) is 11.9. The highest BCUT2D eigenvalue weighted by Crippen LogP contribution is 2.33. The molecule has 1 N–H and O–H groups in total. The Kier molecular flexibility index (Phi) is 3.86. The van der Waals surface area contributed by atoms with Gasteiger partial charge in [0.05, 0.1) is 16.3 Å². The van der Waals surface area contributed by atoms with Crippen molar-refractivity contribution < 1.29 is 4.74 Å². The predicted molar refractivity (Wildman–Crippen MR) is 70.0 cm³/mol. The molecule has 1 heterocycles. The maximum absolute atomic E-state index is 6.04. The molecule has 0 amide bonds. The zero-order chi connectivity index (χ0) is 11.5. The fourth-order valence-corrected chi connectivity index (χ4v) is 2.91. The van der Waals surface area contributed by atoms with Crippen molar-refractivity contribution >= 4 is 49.9 Å². The van der Waals surface area contributed by atoms with Crippen molar-refractivity contribution in [3.8, 4) is 0 Å². The Morgan fingerprint density at radius 2 is 2.25 bits per heavy atom. The van der Waals surface area contributed by atoms with Gasteiger partial charge in [-0.15, -0.1) is 0 Å². The number of nitrogens with one attached hydrogen (secondary N) is 1. The highest BCUT2D eigenvalue weighted by Gasteiger charge is 2.08. The molecular formula is C10H10Cl2N2OS. The topological polar surface area (TPSA) is 34.1 Å². The number of nitrogens with zero attached hydrogens (tertiary/aromatic N) is 1. The van der Waals surface area contributed by atoms with Crippen LogP contribution in [0.3, 0.4) is 0 Å². The fraction of sp³-hybridized carbons (Fsp3) is 0.300. The highest BCUT2D eigenvalue weighted by atomic mass is 35.5. The summed E-state index contributed by atoms with van der Waals surface area (Å²) >= 11 is 13.5. The molecule has 0 aliphatic rings. The number of anilines is 1. The molecule has 0 atom stereocenters. The highest BCUT2D eigenvalue weighted by molar-refractivity contribution is 7.22. The number of methoxy groups -OCH3 is 1. The van der Waals surface area contributed by atoms with Crippen LogP contribution < -0.4 is 5.32 Å². The van der Waals surface area contributed by atoms with Gasteiger partial charge in [-0.3, -0.25) is 0 Å². The lowest BCUT2D eigenvalue weighted by atomic mass is 10.3. The first-order chi connectivity index (χ1) is 7.70. The molecule has 0 saturated carbocycles. The molecule has 3 nitrogen and oxygen atoms in total. The third-order valence-corrected chi connectivity index (χ3v) is 3.46. The molecule has 0 aliphatic carbocycles. The minimum absolute atomic E-state index is 0.582. The van der Waals surface area contributed by atoms with E-state index in [9.17, 15) is 0 Å². The summed E-state index contributed by atoms with van der Waals surface area (Å²) in [6, 6.07) is 3.56. The second-order valence-electron chi connectivity index (χ2n) is 3.17. The normalized spacial score (nSPS) is 10.9. The smallest absolute Gasteiger partial charge is 0.183 e. The lowest BCUT2D eigenvalue weighted by Gasteiger charge is -1.99. The first-order valence-corrected chi connectivity index (χ1v) is 6.26.